The first-order valence-corrected chi connectivity index (χ1v) is 7.84. The lowest BCUT2D eigenvalue weighted by Crippen LogP contribution is -2.12. The summed E-state index contributed by atoms with van der Waals surface area (Å²) < 4.78 is 6.21. The second-order valence-electron chi connectivity index (χ2n) is 5.65. The smallest absolute Gasteiger partial charge is 0.142 e. The number of hydrogen-bond donors (Lipinski definition) is 1. The molecule has 1 heterocycles. The molecule has 2 aromatic carbocycles. The number of rotatable bonds is 4. The monoisotopic (exact) mass is 301 g/mol. The van der Waals surface area contributed by atoms with Crippen LogP contribution in [0.2, 0.25) is 5.02 Å². The first kappa shape index (κ1) is 14.4. The van der Waals surface area contributed by atoms with Crippen LogP contribution in [-0.2, 0) is 6.54 Å². The quantitative estimate of drug-likeness (QED) is 0.691. The maximum absolute atomic E-state index is 6.47. The fourth-order valence-corrected chi connectivity index (χ4v) is 3.22. The van der Waals surface area contributed by atoms with E-state index in [9.17, 15) is 0 Å². The number of halogens is 1. The van der Waals surface area contributed by atoms with Crippen molar-refractivity contribution in [2.75, 3.05) is 6.54 Å². The SMILES string of the molecule is CCNCc1oc2c(cc(Cl)c3ccccc32)c1C(C)C. The van der Waals surface area contributed by atoms with E-state index in [1.807, 2.05) is 24.3 Å². The van der Waals surface area contributed by atoms with Gasteiger partial charge in [-0.3, -0.25) is 0 Å². The van der Waals surface area contributed by atoms with Crippen molar-refractivity contribution in [3.63, 3.8) is 0 Å². The summed E-state index contributed by atoms with van der Waals surface area (Å²) in [5, 5.41) is 7.42. The first-order valence-electron chi connectivity index (χ1n) is 7.46. The zero-order valence-electron chi connectivity index (χ0n) is 12.7. The van der Waals surface area contributed by atoms with Gasteiger partial charge in [-0.1, -0.05) is 56.6 Å². The number of hydrogen-bond acceptors (Lipinski definition) is 2. The lowest BCUT2D eigenvalue weighted by atomic mass is 9.97. The minimum absolute atomic E-state index is 0.400. The predicted octanol–water partition coefficient (Wildman–Crippen LogP) is 5.47. The molecule has 0 saturated carbocycles. The maximum Gasteiger partial charge on any atom is 0.142 e. The Bertz CT molecular complexity index is 789. The Morgan fingerprint density at radius 1 is 1.14 bits per heavy atom. The topological polar surface area (TPSA) is 25.2 Å². The van der Waals surface area contributed by atoms with Gasteiger partial charge in [0.1, 0.15) is 11.3 Å². The van der Waals surface area contributed by atoms with E-state index in [4.69, 9.17) is 16.0 Å². The lowest BCUT2D eigenvalue weighted by molar-refractivity contribution is 0.512. The standard InChI is InChI=1S/C18H20ClNO/c1-4-20-10-16-17(11(2)3)14-9-15(19)12-7-5-6-8-13(12)18(14)21-16/h5-9,11,20H,4,10H2,1-3H3. The highest BCUT2D eigenvalue weighted by molar-refractivity contribution is 6.37. The van der Waals surface area contributed by atoms with Crippen molar-refractivity contribution < 1.29 is 4.42 Å². The Morgan fingerprint density at radius 2 is 1.86 bits per heavy atom. The molecule has 3 aromatic rings. The minimum atomic E-state index is 0.400. The van der Waals surface area contributed by atoms with Crippen molar-refractivity contribution in [2.24, 2.45) is 0 Å². The summed E-state index contributed by atoms with van der Waals surface area (Å²) in [6.07, 6.45) is 0. The molecule has 0 atom stereocenters. The van der Waals surface area contributed by atoms with Crippen molar-refractivity contribution in [3.8, 4) is 0 Å². The average molecular weight is 302 g/mol. The largest absolute Gasteiger partial charge is 0.459 e. The Morgan fingerprint density at radius 3 is 2.52 bits per heavy atom. The minimum Gasteiger partial charge on any atom is -0.459 e. The van der Waals surface area contributed by atoms with E-state index in [1.165, 1.54) is 5.56 Å². The summed E-state index contributed by atoms with van der Waals surface area (Å²) in [4.78, 5) is 0. The van der Waals surface area contributed by atoms with E-state index < -0.39 is 0 Å². The molecule has 3 heteroatoms. The molecule has 2 nitrogen and oxygen atoms in total. The van der Waals surface area contributed by atoms with Crippen LogP contribution in [0.15, 0.2) is 34.7 Å². The Balaban J connectivity index is 2.34. The van der Waals surface area contributed by atoms with Crippen LogP contribution in [0.1, 0.15) is 38.0 Å². The molecule has 0 amide bonds. The molecule has 1 N–H and O–H groups in total. The van der Waals surface area contributed by atoms with E-state index in [2.05, 4.69) is 32.2 Å². The van der Waals surface area contributed by atoms with Gasteiger partial charge in [0.25, 0.3) is 0 Å². The summed E-state index contributed by atoms with van der Waals surface area (Å²) in [6.45, 7) is 8.18. The molecular weight excluding hydrogens is 282 g/mol. The second kappa shape index (κ2) is 5.70. The van der Waals surface area contributed by atoms with Crippen molar-refractivity contribution >= 4 is 33.3 Å². The molecule has 0 spiro atoms. The number of furan rings is 1. The van der Waals surface area contributed by atoms with E-state index in [1.54, 1.807) is 0 Å². The molecule has 0 bridgehead atoms. The molecular formula is C18H20ClNO. The molecule has 3 rings (SSSR count). The molecule has 1 aromatic heterocycles. The third-order valence-corrected chi connectivity index (χ3v) is 4.19. The highest BCUT2D eigenvalue weighted by atomic mass is 35.5. The Labute approximate surface area is 130 Å². The van der Waals surface area contributed by atoms with Gasteiger partial charge in [-0.25, -0.2) is 0 Å². The van der Waals surface area contributed by atoms with E-state index in [-0.39, 0.29) is 0 Å². The molecule has 21 heavy (non-hydrogen) atoms. The van der Waals surface area contributed by atoms with Crippen molar-refractivity contribution in [1.29, 1.82) is 0 Å². The number of fused-ring (bicyclic) bond motifs is 3. The normalized spacial score (nSPS) is 11.9. The van der Waals surface area contributed by atoms with Crippen LogP contribution in [-0.4, -0.2) is 6.54 Å². The van der Waals surface area contributed by atoms with Crippen molar-refractivity contribution in [3.05, 3.63) is 46.7 Å². The van der Waals surface area contributed by atoms with Crippen LogP contribution in [0.5, 0.6) is 0 Å². The summed E-state index contributed by atoms with van der Waals surface area (Å²) in [7, 11) is 0. The molecule has 0 unspecified atom stereocenters. The second-order valence-corrected chi connectivity index (χ2v) is 6.06. The zero-order valence-corrected chi connectivity index (χ0v) is 13.4. The predicted molar refractivity (Wildman–Crippen MR) is 90.2 cm³/mol. The van der Waals surface area contributed by atoms with Gasteiger partial charge in [-0.15, -0.1) is 0 Å². The third kappa shape index (κ3) is 2.43. The van der Waals surface area contributed by atoms with Crippen LogP contribution < -0.4 is 5.32 Å². The highest BCUT2D eigenvalue weighted by Gasteiger charge is 2.19. The molecule has 0 aliphatic heterocycles. The molecule has 0 saturated heterocycles. The van der Waals surface area contributed by atoms with Gasteiger partial charge in [0, 0.05) is 26.7 Å². The van der Waals surface area contributed by atoms with Crippen molar-refractivity contribution in [1.82, 2.24) is 5.32 Å². The molecule has 110 valence electrons. The first-order chi connectivity index (χ1) is 10.1. The summed E-state index contributed by atoms with van der Waals surface area (Å²) >= 11 is 6.47. The summed E-state index contributed by atoms with van der Waals surface area (Å²) in [5.74, 6) is 1.42. The molecule has 0 fully saturated rings. The fraction of sp³-hybridized carbons (Fsp3) is 0.333. The zero-order chi connectivity index (χ0) is 15.0. The molecule has 0 aliphatic rings. The van der Waals surface area contributed by atoms with E-state index >= 15 is 0 Å². The Hall–Kier alpha value is -1.51. The van der Waals surface area contributed by atoms with Gasteiger partial charge >= 0.3 is 0 Å². The number of benzene rings is 2. The van der Waals surface area contributed by atoms with Gasteiger partial charge in [-0.2, -0.15) is 0 Å². The summed E-state index contributed by atoms with van der Waals surface area (Å²) in [6, 6.07) is 10.2. The van der Waals surface area contributed by atoms with Gasteiger partial charge in [0.15, 0.2) is 0 Å². The lowest BCUT2D eigenvalue weighted by Gasteiger charge is -2.07. The van der Waals surface area contributed by atoms with Gasteiger partial charge in [0.2, 0.25) is 0 Å². The summed E-state index contributed by atoms with van der Waals surface area (Å²) in [5.41, 5.74) is 2.21. The molecule has 0 aliphatic carbocycles. The van der Waals surface area contributed by atoms with Gasteiger partial charge in [-0.05, 0) is 18.5 Å². The molecule has 0 radical (unpaired) electrons. The van der Waals surface area contributed by atoms with Crippen LogP contribution in [0.3, 0.4) is 0 Å². The van der Waals surface area contributed by atoms with Gasteiger partial charge < -0.3 is 9.73 Å². The third-order valence-electron chi connectivity index (χ3n) is 3.87. The van der Waals surface area contributed by atoms with Crippen molar-refractivity contribution in [2.45, 2.75) is 33.2 Å². The fourth-order valence-electron chi connectivity index (χ4n) is 2.95. The number of nitrogens with one attached hydrogen (secondary N) is 1. The highest BCUT2D eigenvalue weighted by Crippen LogP contribution is 2.39. The Kier molecular flexibility index (Phi) is 3.92. The van der Waals surface area contributed by atoms with Crippen LogP contribution in [0.25, 0.3) is 21.7 Å². The average Bonchev–Trinajstić information content (AvgIpc) is 2.84. The van der Waals surface area contributed by atoms with E-state index in [0.717, 1.165) is 45.6 Å². The van der Waals surface area contributed by atoms with Gasteiger partial charge in [0.05, 0.1) is 6.54 Å². The van der Waals surface area contributed by atoms with Crippen LogP contribution in [0, 0.1) is 0 Å². The van der Waals surface area contributed by atoms with Crippen LogP contribution >= 0.6 is 11.6 Å². The van der Waals surface area contributed by atoms with Crippen LogP contribution in [0.4, 0.5) is 0 Å². The maximum atomic E-state index is 6.47. The van der Waals surface area contributed by atoms with E-state index in [0.29, 0.717) is 5.92 Å².